The molecule has 1 N–H and O–H groups in total. The molecule has 4 rings (SSSR count). The summed E-state index contributed by atoms with van der Waals surface area (Å²) < 4.78 is 5.86. The molecule has 0 spiro atoms. The summed E-state index contributed by atoms with van der Waals surface area (Å²) in [5, 5.41) is 4.65. The van der Waals surface area contributed by atoms with Crippen molar-refractivity contribution in [2.45, 2.75) is 38.4 Å². The number of rotatable bonds is 5. The minimum Gasteiger partial charge on any atom is -0.459 e. The number of likely N-dealkylation sites (tertiary alicyclic amines) is 1. The van der Waals surface area contributed by atoms with Gasteiger partial charge in [0.05, 0.1) is 6.04 Å². The van der Waals surface area contributed by atoms with Crippen molar-refractivity contribution in [2.24, 2.45) is 0 Å². The van der Waals surface area contributed by atoms with Crippen LogP contribution in [0.4, 0.5) is 4.79 Å². The van der Waals surface area contributed by atoms with Gasteiger partial charge in [0.2, 0.25) is 5.91 Å². The van der Waals surface area contributed by atoms with Crippen molar-refractivity contribution in [2.75, 3.05) is 13.6 Å². The third-order valence-corrected chi connectivity index (χ3v) is 5.97. The average Bonchev–Trinajstić information content (AvgIpc) is 3.42. The number of likely N-dealkylation sites (N-methyl/N-ethyl adjacent to an activating group) is 1. The number of halogens is 1. The highest BCUT2D eigenvalue weighted by Crippen LogP contribution is 2.25. The Hall–Kier alpha value is -2.99. The van der Waals surface area contributed by atoms with Gasteiger partial charge in [-0.05, 0) is 49.6 Å². The Morgan fingerprint density at radius 2 is 1.97 bits per heavy atom. The van der Waals surface area contributed by atoms with Crippen LogP contribution >= 0.6 is 11.6 Å². The molecule has 162 valence electrons. The lowest BCUT2D eigenvalue weighted by molar-refractivity contribution is -0.134. The van der Waals surface area contributed by atoms with Crippen LogP contribution in [-0.2, 0) is 11.3 Å². The maximum atomic E-state index is 13.1. The predicted octanol–water partition coefficient (Wildman–Crippen LogP) is 4.98. The van der Waals surface area contributed by atoms with E-state index in [4.69, 9.17) is 16.0 Å². The maximum Gasteiger partial charge on any atom is 0.318 e. The molecule has 1 aliphatic heterocycles. The van der Waals surface area contributed by atoms with E-state index in [0.29, 0.717) is 30.3 Å². The van der Waals surface area contributed by atoms with Gasteiger partial charge in [-0.1, -0.05) is 41.9 Å². The topological polar surface area (TPSA) is 65.8 Å². The first-order valence-electron chi connectivity index (χ1n) is 10.5. The van der Waals surface area contributed by atoms with Crippen molar-refractivity contribution in [3.05, 3.63) is 70.9 Å². The molecule has 3 amide bonds. The fraction of sp³-hybridized carbons (Fsp3) is 0.333. The van der Waals surface area contributed by atoms with Crippen molar-refractivity contribution in [1.82, 2.24) is 15.1 Å². The van der Waals surface area contributed by atoms with Crippen LogP contribution in [0.5, 0.6) is 0 Å². The summed E-state index contributed by atoms with van der Waals surface area (Å²) in [5.74, 6) is 0.635. The van der Waals surface area contributed by atoms with E-state index in [1.54, 1.807) is 16.8 Å². The van der Waals surface area contributed by atoms with Crippen LogP contribution in [0.2, 0.25) is 5.02 Å². The molecule has 2 heterocycles. The second-order valence-electron chi connectivity index (χ2n) is 8.03. The van der Waals surface area contributed by atoms with Gasteiger partial charge in [-0.15, -0.1) is 0 Å². The smallest absolute Gasteiger partial charge is 0.318 e. The molecule has 2 atom stereocenters. The van der Waals surface area contributed by atoms with Crippen molar-refractivity contribution in [1.29, 1.82) is 0 Å². The normalized spacial score (nSPS) is 17.0. The van der Waals surface area contributed by atoms with Crippen molar-refractivity contribution in [3.8, 4) is 0 Å². The van der Waals surface area contributed by atoms with Gasteiger partial charge < -0.3 is 19.5 Å². The van der Waals surface area contributed by atoms with E-state index in [2.05, 4.69) is 5.32 Å². The van der Waals surface area contributed by atoms with E-state index >= 15 is 0 Å². The molecule has 0 unspecified atom stereocenters. The standard InChI is InChI=1S/C24H26ClN3O3/c1-16(22-14-18-6-3-4-8-21(18)31-22)26-24(30)28-13-5-7-20(28)23(29)27(2)15-17-9-11-19(25)12-10-17/h3-4,6,8-12,14,16,20H,5,7,13,15H2,1-2H3,(H,26,30)/t16-,20+/m0/s1. The van der Waals surface area contributed by atoms with Crippen molar-refractivity contribution >= 4 is 34.5 Å². The Bertz CT molecular complexity index is 1050. The fourth-order valence-electron chi connectivity index (χ4n) is 4.02. The number of benzene rings is 2. The number of nitrogens with zero attached hydrogens (tertiary/aromatic N) is 2. The number of furan rings is 1. The van der Waals surface area contributed by atoms with Gasteiger partial charge in [0.1, 0.15) is 17.4 Å². The molecule has 31 heavy (non-hydrogen) atoms. The lowest BCUT2D eigenvalue weighted by Crippen LogP contribution is -2.50. The molecular formula is C24H26ClN3O3. The van der Waals surface area contributed by atoms with Crippen LogP contribution < -0.4 is 5.32 Å². The zero-order valence-corrected chi connectivity index (χ0v) is 18.4. The molecule has 3 aromatic rings. The van der Waals surface area contributed by atoms with E-state index < -0.39 is 6.04 Å². The quantitative estimate of drug-likeness (QED) is 0.609. The van der Waals surface area contributed by atoms with Gasteiger partial charge in [0.25, 0.3) is 0 Å². The molecule has 1 fully saturated rings. The first-order valence-corrected chi connectivity index (χ1v) is 10.8. The Morgan fingerprint density at radius 1 is 1.23 bits per heavy atom. The monoisotopic (exact) mass is 439 g/mol. The number of fused-ring (bicyclic) bond motifs is 1. The average molecular weight is 440 g/mol. The molecule has 6 nitrogen and oxygen atoms in total. The molecule has 1 aliphatic rings. The second kappa shape index (κ2) is 9.02. The lowest BCUT2D eigenvalue weighted by Gasteiger charge is -2.29. The minimum absolute atomic E-state index is 0.0565. The van der Waals surface area contributed by atoms with Gasteiger partial charge in [-0.2, -0.15) is 0 Å². The van der Waals surface area contributed by atoms with E-state index in [-0.39, 0.29) is 18.0 Å². The van der Waals surface area contributed by atoms with Crippen LogP contribution in [0.1, 0.15) is 37.1 Å². The molecular weight excluding hydrogens is 414 g/mol. The Balaban J connectivity index is 1.40. The number of urea groups is 1. The van der Waals surface area contributed by atoms with E-state index in [0.717, 1.165) is 23.0 Å². The number of nitrogens with one attached hydrogen (secondary N) is 1. The predicted molar refractivity (Wildman–Crippen MR) is 121 cm³/mol. The van der Waals surface area contributed by atoms with Crippen LogP contribution in [0.3, 0.4) is 0 Å². The third-order valence-electron chi connectivity index (χ3n) is 5.72. The summed E-state index contributed by atoms with van der Waals surface area (Å²) in [7, 11) is 1.77. The molecule has 7 heteroatoms. The lowest BCUT2D eigenvalue weighted by atomic mass is 10.1. The number of hydrogen-bond donors (Lipinski definition) is 1. The van der Waals surface area contributed by atoms with Crippen LogP contribution in [0.25, 0.3) is 11.0 Å². The highest BCUT2D eigenvalue weighted by Gasteiger charge is 2.36. The Morgan fingerprint density at radius 3 is 2.71 bits per heavy atom. The molecule has 0 saturated carbocycles. The third kappa shape index (κ3) is 4.69. The van der Waals surface area contributed by atoms with Gasteiger partial charge in [0, 0.05) is 30.5 Å². The second-order valence-corrected chi connectivity index (χ2v) is 8.47. The number of hydrogen-bond acceptors (Lipinski definition) is 3. The SMILES string of the molecule is C[C@H](NC(=O)N1CCC[C@@H]1C(=O)N(C)Cc1ccc(Cl)cc1)c1cc2ccccc2o1. The number of para-hydroxylation sites is 1. The largest absolute Gasteiger partial charge is 0.459 e. The van der Waals surface area contributed by atoms with E-state index in [1.165, 1.54) is 0 Å². The molecule has 0 radical (unpaired) electrons. The van der Waals surface area contributed by atoms with Crippen molar-refractivity contribution < 1.29 is 14.0 Å². The molecule has 0 bridgehead atoms. The summed E-state index contributed by atoms with van der Waals surface area (Å²) >= 11 is 5.94. The van der Waals surface area contributed by atoms with Gasteiger partial charge >= 0.3 is 6.03 Å². The highest BCUT2D eigenvalue weighted by atomic mass is 35.5. The fourth-order valence-corrected chi connectivity index (χ4v) is 4.14. The molecule has 1 saturated heterocycles. The molecule has 0 aliphatic carbocycles. The van der Waals surface area contributed by atoms with Crippen LogP contribution in [0, 0.1) is 0 Å². The summed E-state index contributed by atoms with van der Waals surface area (Å²) in [6.45, 7) is 2.91. The minimum atomic E-state index is -0.458. The number of amides is 3. The zero-order valence-electron chi connectivity index (χ0n) is 17.7. The Kier molecular flexibility index (Phi) is 6.18. The van der Waals surface area contributed by atoms with Gasteiger partial charge in [-0.3, -0.25) is 4.79 Å². The number of carbonyl (C=O) groups excluding carboxylic acids is 2. The molecule has 2 aromatic carbocycles. The first-order chi connectivity index (χ1) is 14.9. The Labute approximate surface area is 186 Å². The molecule has 1 aromatic heterocycles. The summed E-state index contributed by atoms with van der Waals surface area (Å²) in [4.78, 5) is 29.3. The highest BCUT2D eigenvalue weighted by molar-refractivity contribution is 6.30. The summed E-state index contributed by atoms with van der Waals surface area (Å²) in [5.41, 5.74) is 1.78. The zero-order chi connectivity index (χ0) is 22.0. The van der Waals surface area contributed by atoms with Crippen LogP contribution in [0.15, 0.2) is 59.0 Å². The van der Waals surface area contributed by atoms with E-state index in [1.807, 2.05) is 61.5 Å². The van der Waals surface area contributed by atoms with Crippen molar-refractivity contribution in [3.63, 3.8) is 0 Å². The van der Waals surface area contributed by atoms with E-state index in [9.17, 15) is 9.59 Å². The number of carbonyl (C=O) groups is 2. The summed E-state index contributed by atoms with van der Waals surface area (Å²) in [6, 6.07) is 16.1. The van der Waals surface area contributed by atoms with Crippen LogP contribution in [-0.4, -0.2) is 41.4 Å². The van der Waals surface area contributed by atoms with Gasteiger partial charge in [-0.25, -0.2) is 4.79 Å². The maximum absolute atomic E-state index is 13.1. The summed E-state index contributed by atoms with van der Waals surface area (Å²) in [6.07, 6.45) is 1.47. The first kappa shape index (κ1) is 21.2. The van der Waals surface area contributed by atoms with Gasteiger partial charge in [0.15, 0.2) is 0 Å².